The van der Waals surface area contributed by atoms with Crippen LogP contribution in [0.2, 0.25) is 0 Å². The van der Waals surface area contributed by atoms with Gasteiger partial charge in [0.25, 0.3) is 0 Å². The molecule has 7 heteroatoms. The molecule has 0 aliphatic carbocycles. The van der Waals surface area contributed by atoms with Crippen molar-refractivity contribution in [2.45, 2.75) is 18.9 Å². The van der Waals surface area contributed by atoms with Crippen LogP contribution >= 0.6 is 15.9 Å². The molecule has 1 fully saturated rings. The maximum absolute atomic E-state index is 11.8. The first-order valence-corrected chi connectivity index (χ1v) is 6.74. The highest BCUT2D eigenvalue weighted by Crippen LogP contribution is 2.28. The monoisotopic (exact) mass is 315 g/mol. The van der Waals surface area contributed by atoms with E-state index in [0.717, 1.165) is 30.4 Å². The first kappa shape index (κ1) is 13.2. The van der Waals surface area contributed by atoms with Gasteiger partial charge in [0.2, 0.25) is 0 Å². The number of anilines is 1. The normalized spacial score (nSPS) is 16.9. The summed E-state index contributed by atoms with van der Waals surface area (Å²) in [5.74, 6) is 0.660. The van der Waals surface area contributed by atoms with E-state index in [1.165, 1.54) is 0 Å². The average Bonchev–Trinajstić information content (AvgIpc) is 2.69. The molecule has 0 spiro atoms. The van der Waals surface area contributed by atoms with Crippen molar-refractivity contribution >= 4 is 27.8 Å². The van der Waals surface area contributed by atoms with E-state index in [1.807, 2.05) is 9.58 Å². The molecule has 2 rings (SSSR count). The maximum atomic E-state index is 11.8. The van der Waals surface area contributed by atoms with Gasteiger partial charge in [0.05, 0.1) is 16.7 Å². The third-order valence-corrected chi connectivity index (χ3v) is 3.86. The number of rotatable bonds is 1. The molecule has 1 aromatic rings. The second-order valence-corrected chi connectivity index (χ2v) is 5.57. The number of urea groups is 1. The highest BCUT2D eigenvalue weighted by molar-refractivity contribution is 9.10. The quantitative estimate of drug-likeness (QED) is 0.855. The van der Waals surface area contributed by atoms with Gasteiger partial charge in [-0.05, 0) is 28.8 Å². The predicted octanol–water partition coefficient (Wildman–Crippen LogP) is 1.55. The van der Waals surface area contributed by atoms with Gasteiger partial charge in [-0.15, -0.1) is 0 Å². The Morgan fingerprint density at radius 1 is 1.50 bits per heavy atom. The summed E-state index contributed by atoms with van der Waals surface area (Å²) in [6, 6.07) is 0.352. The van der Waals surface area contributed by atoms with Crippen LogP contribution in [0.15, 0.2) is 10.7 Å². The largest absolute Gasteiger partial charge is 0.383 e. The van der Waals surface area contributed by atoms with Gasteiger partial charge in [-0.2, -0.15) is 5.10 Å². The summed E-state index contributed by atoms with van der Waals surface area (Å²) in [6.45, 7) is 1.50. The summed E-state index contributed by atoms with van der Waals surface area (Å²) in [6.07, 6.45) is 3.49. The van der Waals surface area contributed by atoms with Crippen LogP contribution in [0.3, 0.4) is 0 Å². The number of piperidine rings is 1. The van der Waals surface area contributed by atoms with Crippen LogP contribution in [0.4, 0.5) is 10.6 Å². The third kappa shape index (κ3) is 2.45. The van der Waals surface area contributed by atoms with Crippen LogP contribution in [-0.4, -0.2) is 52.8 Å². The molecule has 6 nitrogen and oxygen atoms in total. The van der Waals surface area contributed by atoms with E-state index in [4.69, 9.17) is 5.73 Å². The van der Waals surface area contributed by atoms with E-state index in [-0.39, 0.29) is 12.1 Å². The van der Waals surface area contributed by atoms with Gasteiger partial charge in [-0.1, -0.05) is 0 Å². The number of hydrogen-bond donors (Lipinski definition) is 1. The second kappa shape index (κ2) is 5.17. The van der Waals surface area contributed by atoms with Gasteiger partial charge in [0, 0.05) is 27.2 Å². The van der Waals surface area contributed by atoms with Gasteiger partial charge < -0.3 is 15.5 Å². The van der Waals surface area contributed by atoms with Crippen molar-refractivity contribution < 1.29 is 4.79 Å². The molecule has 0 aromatic carbocycles. The summed E-state index contributed by atoms with van der Waals surface area (Å²) in [5, 5.41) is 4.27. The Morgan fingerprint density at radius 2 is 2.11 bits per heavy atom. The molecular weight excluding hydrogens is 298 g/mol. The Hall–Kier alpha value is -1.24. The lowest BCUT2D eigenvalue weighted by molar-refractivity contribution is 0.146. The lowest BCUT2D eigenvalue weighted by Crippen LogP contribution is -2.44. The Balaban J connectivity index is 1.99. The highest BCUT2D eigenvalue weighted by atomic mass is 79.9. The minimum absolute atomic E-state index is 0.0723. The van der Waals surface area contributed by atoms with Crippen LogP contribution in [0.25, 0.3) is 0 Å². The summed E-state index contributed by atoms with van der Waals surface area (Å²) in [4.78, 5) is 15.3. The number of carbonyl (C=O) groups is 1. The van der Waals surface area contributed by atoms with Crippen molar-refractivity contribution in [3.05, 3.63) is 10.7 Å². The lowest BCUT2D eigenvalue weighted by atomic mass is 10.1. The Kier molecular flexibility index (Phi) is 3.79. The SMILES string of the molecule is CN(C)C(=O)N1CCC(n2ncc(Br)c2N)CC1. The molecule has 0 unspecified atom stereocenters. The van der Waals surface area contributed by atoms with Crippen molar-refractivity contribution in [3.63, 3.8) is 0 Å². The van der Waals surface area contributed by atoms with Crippen LogP contribution in [0.5, 0.6) is 0 Å². The summed E-state index contributed by atoms with van der Waals surface area (Å²) < 4.78 is 2.68. The Labute approximate surface area is 115 Å². The number of amides is 2. The van der Waals surface area contributed by atoms with Gasteiger partial charge in [0.1, 0.15) is 5.82 Å². The van der Waals surface area contributed by atoms with E-state index in [2.05, 4.69) is 21.0 Å². The predicted molar refractivity (Wildman–Crippen MR) is 73.3 cm³/mol. The minimum Gasteiger partial charge on any atom is -0.383 e. The fourth-order valence-electron chi connectivity index (χ4n) is 2.23. The van der Waals surface area contributed by atoms with Crippen molar-refractivity contribution in [1.29, 1.82) is 0 Å². The number of nitrogen functional groups attached to an aromatic ring is 1. The second-order valence-electron chi connectivity index (χ2n) is 4.72. The van der Waals surface area contributed by atoms with Crippen LogP contribution in [0, 0.1) is 0 Å². The van der Waals surface area contributed by atoms with Gasteiger partial charge in [-0.3, -0.25) is 0 Å². The van der Waals surface area contributed by atoms with Crippen LogP contribution in [0.1, 0.15) is 18.9 Å². The smallest absolute Gasteiger partial charge is 0.319 e. The first-order chi connectivity index (χ1) is 8.50. The fourth-order valence-corrected chi connectivity index (χ4v) is 2.50. The standard InChI is InChI=1S/C11H18BrN5O/c1-15(2)11(18)16-5-3-8(4-6-16)17-10(13)9(12)7-14-17/h7-8H,3-6,13H2,1-2H3. The summed E-state index contributed by atoms with van der Waals surface area (Å²) in [7, 11) is 3.55. The minimum atomic E-state index is 0.0723. The molecule has 0 atom stereocenters. The number of halogens is 1. The topological polar surface area (TPSA) is 67.4 Å². The number of carbonyl (C=O) groups excluding carboxylic acids is 1. The molecule has 1 aliphatic heterocycles. The zero-order chi connectivity index (χ0) is 13.3. The third-order valence-electron chi connectivity index (χ3n) is 3.25. The Morgan fingerprint density at radius 3 is 2.56 bits per heavy atom. The van der Waals surface area contributed by atoms with Crippen LogP contribution < -0.4 is 5.73 Å². The number of nitrogens with zero attached hydrogens (tertiary/aromatic N) is 4. The molecule has 1 aromatic heterocycles. The number of likely N-dealkylation sites (tertiary alicyclic amines) is 1. The Bertz CT molecular complexity index is 437. The zero-order valence-electron chi connectivity index (χ0n) is 10.6. The molecule has 0 saturated carbocycles. The molecule has 2 amide bonds. The van der Waals surface area contributed by atoms with Gasteiger partial charge in [-0.25, -0.2) is 9.48 Å². The van der Waals surface area contributed by atoms with Gasteiger partial charge in [0.15, 0.2) is 0 Å². The van der Waals surface area contributed by atoms with E-state index >= 15 is 0 Å². The number of hydrogen-bond acceptors (Lipinski definition) is 3. The highest BCUT2D eigenvalue weighted by Gasteiger charge is 2.26. The molecule has 18 heavy (non-hydrogen) atoms. The van der Waals surface area contributed by atoms with Crippen molar-refractivity contribution in [2.24, 2.45) is 0 Å². The van der Waals surface area contributed by atoms with Crippen molar-refractivity contribution in [1.82, 2.24) is 19.6 Å². The van der Waals surface area contributed by atoms with Crippen molar-refractivity contribution in [2.75, 3.05) is 32.9 Å². The number of aromatic nitrogens is 2. The molecule has 1 saturated heterocycles. The van der Waals surface area contributed by atoms with Gasteiger partial charge >= 0.3 is 6.03 Å². The van der Waals surface area contributed by atoms with Crippen molar-refractivity contribution in [3.8, 4) is 0 Å². The lowest BCUT2D eigenvalue weighted by Gasteiger charge is -2.33. The molecule has 2 N–H and O–H groups in total. The maximum Gasteiger partial charge on any atom is 0.319 e. The first-order valence-electron chi connectivity index (χ1n) is 5.95. The zero-order valence-corrected chi connectivity index (χ0v) is 12.2. The fraction of sp³-hybridized carbons (Fsp3) is 0.636. The number of nitrogens with two attached hydrogens (primary N) is 1. The average molecular weight is 316 g/mol. The molecular formula is C11H18BrN5O. The molecule has 2 heterocycles. The van der Waals surface area contributed by atoms with E-state index in [1.54, 1.807) is 25.2 Å². The molecule has 100 valence electrons. The van der Waals surface area contributed by atoms with E-state index in [0.29, 0.717) is 5.82 Å². The molecule has 1 aliphatic rings. The summed E-state index contributed by atoms with van der Waals surface area (Å²) in [5.41, 5.74) is 5.94. The van der Waals surface area contributed by atoms with Crippen LogP contribution in [-0.2, 0) is 0 Å². The van der Waals surface area contributed by atoms with E-state index in [9.17, 15) is 4.79 Å². The van der Waals surface area contributed by atoms with E-state index < -0.39 is 0 Å². The molecule has 0 bridgehead atoms. The summed E-state index contributed by atoms with van der Waals surface area (Å²) >= 11 is 3.36. The molecule has 0 radical (unpaired) electrons.